The molecule has 0 saturated carbocycles. The zero-order valence-corrected chi connectivity index (χ0v) is 9.83. The molecule has 0 spiro atoms. The summed E-state index contributed by atoms with van der Waals surface area (Å²) in [6, 6.07) is 8.64. The van der Waals surface area contributed by atoms with E-state index < -0.39 is 0 Å². The molecule has 0 bridgehead atoms. The van der Waals surface area contributed by atoms with Gasteiger partial charge in [0.25, 0.3) is 0 Å². The molecule has 2 unspecified atom stereocenters. The van der Waals surface area contributed by atoms with Crippen LogP contribution in [-0.4, -0.2) is 18.6 Å². The van der Waals surface area contributed by atoms with Gasteiger partial charge in [0.2, 0.25) is 0 Å². The summed E-state index contributed by atoms with van der Waals surface area (Å²) >= 11 is 6.29. The lowest BCUT2D eigenvalue weighted by Gasteiger charge is -2.27. The number of benzene rings is 1. The number of aryl methyl sites for hydroxylation is 1. The summed E-state index contributed by atoms with van der Waals surface area (Å²) in [5, 5.41) is 0.277. The minimum Gasteiger partial charge on any atom is -0.381 e. The molecule has 0 aliphatic carbocycles. The van der Waals surface area contributed by atoms with Crippen LogP contribution in [0.25, 0.3) is 0 Å². The van der Waals surface area contributed by atoms with E-state index in [9.17, 15) is 0 Å². The van der Waals surface area contributed by atoms with E-state index in [-0.39, 0.29) is 5.38 Å². The highest BCUT2D eigenvalue weighted by molar-refractivity contribution is 6.20. The fourth-order valence-corrected chi connectivity index (χ4v) is 2.35. The predicted octanol–water partition coefficient (Wildman–Crippen LogP) is 3.18. The third-order valence-corrected chi connectivity index (χ3v) is 3.54. The number of hydrogen-bond acceptors (Lipinski definition) is 1. The normalized spacial score (nSPS) is 26.5. The van der Waals surface area contributed by atoms with Crippen molar-refractivity contribution in [2.24, 2.45) is 5.92 Å². The van der Waals surface area contributed by atoms with Crippen molar-refractivity contribution in [1.29, 1.82) is 0 Å². The molecule has 1 nitrogen and oxygen atoms in total. The number of ether oxygens (including phenoxy) is 1. The van der Waals surface area contributed by atoms with Crippen LogP contribution in [0.2, 0.25) is 0 Å². The Bertz CT molecular complexity index is 324. The second kappa shape index (κ2) is 5.00. The largest absolute Gasteiger partial charge is 0.381 e. The molecule has 1 fully saturated rings. The number of hydrogen-bond donors (Lipinski definition) is 0. The molecule has 1 aromatic rings. The van der Waals surface area contributed by atoms with E-state index in [0.29, 0.717) is 5.92 Å². The van der Waals surface area contributed by atoms with Crippen molar-refractivity contribution in [3.05, 3.63) is 35.4 Å². The molecule has 2 rings (SSSR count). The van der Waals surface area contributed by atoms with Crippen molar-refractivity contribution in [2.75, 3.05) is 13.2 Å². The van der Waals surface area contributed by atoms with Crippen LogP contribution in [0.3, 0.4) is 0 Å². The zero-order chi connectivity index (χ0) is 10.7. The van der Waals surface area contributed by atoms with E-state index in [1.54, 1.807) is 0 Å². The summed E-state index contributed by atoms with van der Waals surface area (Å²) in [6.45, 7) is 3.75. The Morgan fingerprint density at radius 1 is 1.47 bits per heavy atom. The third-order valence-electron chi connectivity index (χ3n) is 2.96. The quantitative estimate of drug-likeness (QED) is 0.702. The molecule has 1 aliphatic rings. The summed E-state index contributed by atoms with van der Waals surface area (Å²) in [4.78, 5) is 0. The first kappa shape index (κ1) is 11.0. The average molecular weight is 225 g/mol. The highest BCUT2D eigenvalue weighted by Crippen LogP contribution is 2.24. The van der Waals surface area contributed by atoms with Gasteiger partial charge in [-0.25, -0.2) is 0 Å². The smallest absolute Gasteiger partial charge is 0.0511 e. The molecule has 82 valence electrons. The van der Waals surface area contributed by atoms with Crippen LogP contribution >= 0.6 is 11.6 Å². The Labute approximate surface area is 96.4 Å². The Hall–Kier alpha value is -0.530. The first-order valence-electron chi connectivity index (χ1n) is 5.53. The van der Waals surface area contributed by atoms with Gasteiger partial charge < -0.3 is 4.74 Å². The van der Waals surface area contributed by atoms with Crippen LogP contribution in [0.1, 0.15) is 17.5 Å². The molecule has 1 heterocycles. The summed E-state index contributed by atoms with van der Waals surface area (Å²) in [5.41, 5.74) is 2.69. The minimum atomic E-state index is 0.277. The monoisotopic (exact) mass is 224 g/mol. The number of halogens is 1. The van der Waals surface area contributed by atoms with E-state index in [2.05, 4.69) is 31.2 Å². The molecule has 0 N–H and O–H groups in total. The fraction of sp³-hybridized carbons (Fsp3) is 0.538. The lowest BCUT2D eigenvalue weighted by Crippen LogP contribution is -2.29. The van der Waals surface area contributed by atoms with Gasteiger partial charge in [0.15, 0.2) is 0 Å². The highest BCUT2D eigenvalue weighted by atomic mass is 35.5. The van der Waals surface area contributed by atoms with Crippen LogP contribution in [0.4, 0.5) is 0 Å². The molecule has 0 amide bonds. The van der Waals surface area contributed by atoms with Crippen molar-refractivity contribution in [3.8, 4) is 0 Å². The minimum absolute atomic E-state index is 0.277. The fourth-order valence-electron chi connectivity index (χ4n) is 2.10. The molecule has 0 aromatic heterocycles. The van der Waals surface area contributed by atoms with Gasteiger partial charge in [-0.3, -0.25) is 0 Å². The van der Waals surface area contributed by atoms with E-state index in [1.807, 2.05) is 0 Å². The van der Waals surface area contributed by atoms with Crippen molar-refractivity contribution in [2.45, 2.75) is 25.1 Å². The standard InChI is InChI=1S/C13H17ClO/c1-10-3-2-4-11(7-10)8-12-9-15-6-5-13(12)14/h2-4,7,12-13H,5-6,8-9H2,1H3. The SMILES string of the molecule is Cc1cccc(CC2COCCC2Cl)c1. The lowest BCUT2D eigenvalue weighted by molar-refractivity contribution is 0.0578. The molecular weight excluding hydrogens is 208 g/mol. The first-order valence-corrected chi connectivity index (χ1v) is 5.97. The number of rotatable bonds is 2. The maximum atomic E-state index is 6.29. The summed E-state index contributed by atoms with van der Waals surface area (Å²) in [5.74, 6) is 0.474. The maximum absolute atomic E-state index is 6.29. The van der Waals surface area contributed by atoms with E-state index >= 15 is 0 Å². The Morgan fingerprint density at radius 3 is 3.07 bits per heavy atom. The van der Waals surface area contributed by atoms with Gasteiger partial charge in [0, 0.05) is 17.9 Å². The lowest BCUT2D eigenvalue weighted by atomic mass is 9.93. The average Bonchev–Trinajstić information content (AvgIpc) is 2.22. The Morgan fingerprint density at radius 2 is 2.33 bits per heavy atom. The van der Waals surface area contributed by atoms with E-state index in [1.165, 1.54) is 11.1 Å². The van der Waals surface area contributed by atoms with Crippen molar-refractivity contribution in [3.63, 3.8) is 0 Å². The van der Waals surface area contributed by atoms with Crippen molar-refractivity contribution in [1.82, 2.24) is 0 Å². The van der Waals surface area contributed by atoms with Gasteiger partial charge >= 0.3 is 0 Å². The third kappa shape index (κ3) is 2.96. The van der Waals surface area contributed by atoms with Crippen LogP contribution in [0, 0.1) is 12.8 Å². The van der Waals surface area contributed by atoms with E-state index in [4.69, 9.17) is 16.3 Å². The molecule has 2 heteroatoms. The molecule has 1 aliphatic heterocycles. The van der Waals surface area contributed by atoms with Gasteiger partial charge in [0.1, 0.15) is 0 Å². The van der Waals surface area contributed by atoms with Crippen LogP contribution in [-0.2, 0) is 11.2 Å². The Kier molecular flexibility index (Phi) is 3.66. The molecule has 1 saturated heterocycles. The van der Waals surface area contributed by atoms with Crippen LogP contribution < -0.4 is 0 Å². The highest BCUT2D eigenvalue weighted by Gasteiger charge is 2.23. The number of alkyl halides is 1. The van der Waals surface area contributed by atoms with Crippen molar-refractivity contribution >= 4 is 11.6 Å². The van der Waals surface area contributed by atoms with Gasteiger partial charge in [-0.1, -0.05) is 29.8 Å². The molecule has 15 heavy (non-hydrogen) atoms. The van der Waals surface area contributed by atoms with Gasteiger partial charge in [-0.2, -0.15) is 0 Å². The van der Waals surface area contributed by atoms with Crippen molar-refractivity contribution < 1.29 is 4.74 Å². The molecule has 2 atom stereocenters. The van der Waals surface area contributed by atoms with Gasteiger partial charge in [-0.05, 0) is 25.3 Å². The topological polar surface area (TPSA) is 9.23 Å². The summed E-state index contributed by atoms with van der Waals surface area (Å²) in [6.07, 6.45) is 2.02. The van der Waals surface area contributed by atoms with Crippen LogP contribution in [0.5, 0.6) is 0 Å². The summed E-state index contributed by atoms with van der Waals surface area (Å²) < 4.78 is 5.47. The molecule has 0 radical (unpaired) electrons. The van der Waals surface area contributed by atoms with Gasteiger partial charge in [0.05, 0.1) is 6.61 Å². The Balaban J connectivity index is 2.01. The second-order valence-corrected chi connectivity index (χ2v) is 4.89. The maximum Gasteiger partial charge on any atom is 0.0511 e. The summed E-state index contributed by atoms with van der Waals surface area (Å²) in [7, 11) is 0. The predicted molar refractivity (Wildman–Crippen MR) is 63.5 cm³/mol. The van der Waals surface area contributed by atoms with Gasteiger partial charge in [-0.15, -0.1) is 11.6 Å². The van der Waals surface area contributed by atoms with E-state index in [0.717, 1.165) is 26.1 Å². The second-order valence-electron chi connectivity index (χ2n) is 4.33. The zero-order valence-electron chi connectivity index (χ0n) is 9.08. The first-order chi connectivity index (χ1) is 7.25. The molecular formula is C13H17ClO. The van der Waals surface area contributed by atoms with Crippen LogP contribution in [0.15, 0.2) is 24.3 Å². The molecule has 1 aromatic carbocycles.